The van der Waals surface area contributed by atoms with Crippen molar-refractivity contribution in [3.8, 4) is 0 Å². The molecule has 1 aliphatic heterocycles. The van der Waals surface area contributed by atoms with Crippen molar-refractivity contribution in [1.29, 1.82) is 0 Å². The van der Waals surface area contributed by atoms with Crippen LogP contribution in [0.5, 0.6) is 0 Å². The topological polar surface area (TPSA) is 84.3 Å². The molecule has 3 rings (SSSR count). The normalized spacial score (nSPS) is 18.8. The SMILES string of the molecule is CCn1nccc1N1CCCC(NS(=O)(=O)c2cc(C)sc2C)C1=O. The Morgan fingerprint density at radius 3 is 2.80 bits per heavy atom. The van der Waals surface area contributed by atoms with E-state index in [1.54, 1.807) is 34.8 Å². The summed E-state index contributed by atoms with van der Waals surface area (Å²) < 4.78 is 29.7. The number of nitrogens with zero attached hydrogens (tertiary/aromatic N) is 3. The van der Waals surface area contributed by atoms with Crippen molar-refractivity contribution >= 4 is 33.1 Å². The molecule has 0 aliphatic carbocycles. The summed E-state index contributed by atoms with van der Waals surface area (Å²) in [7, 11) is -3.72. The van der Waals surface area contributed by atoms with Crippen LogP contribution in [0.1, 0.15) is 29.5 Å². The molecule has 0 radical (unpaired) electrons. The molecule has 0 spiro atoms. The number of aryl methyl sites for hydroxylation is 3. The Morgan fingerprint density at radius 2 is 2.16 bits per heavy atom. The Kier molecular flexibility index (Phi) is 4.99. The fraction of sp³-hybridized carbons (Fsp3) is 0.500. The molecule has 1 fully saturated rings. The maximum absolute atomic E-state index is 12.9. The molecular formula is C16H22N4O3S2. The quantitative estimate of drug-likeness (QED) is 0.858. The van der Waals surface area contributed by atoms with Crippen LogP contribution in [0.2, 0.25) is 0 Å². The average Bonchev–Trinajstić information content (AvgIpc) is 3.15. The lowest BCUT2D eigenvalue weighted by molar-refractivity contribution is -0.121. The number of hydrogen-bond acceptors (Lipinski definition) is 5. The first-order valence-corrected chi connectivity index (χ1v) is 10.6. The summed E-state index contributed by atoms with van der Waals surface area (Å²) in [5.74, 6) is 0.480. The third-order valence-electron chi connectivity index (χ3n) is 4.29. The van der Waals surface area contributed by atoms with Gasteiger partial charge in [-0.15, -0.1) is 11.3 Å². The van der Waals surface area contributed by atoms with Gasteiger partial charge in [0, 0.05) is 28.9 Å². The number of thiophene rings is 1. The molecule has 1 unspecified atom stereocenters. The lowest BCUT2D eigenvalue weighted by Gasteiger charge is -2.32. The highest BCUT2D eigenvalue weighted by Gasteiger charge is 2.34. The number of carbonyl (C=O) groups excluding carboxylic acids is 1. The van der Waals surface area contributed by atoms with Crippen LogP contribution >= 0.6 is 11.3 Å². The van der Waals surface area contributed by atoms with E-state index in [9.17, 15) is 13.2 Å². The largest absolute Gasteiger partial charge is 0.296 e. The van der Waals surface area contributed by atoms with Gasteiger partial charge in [0.05, 0.1) is 11.1 Å². The summed E-state index contributed by atoms with van der Waals surface area (Å²) in [5, 5.41) is 4.19. The smallest absolute Gasteiger partial charge is 0.246 e. The van der Waals surface area contributed by atoms with E-state index in [-0.39, 0.29) is 10.8 Å². The van der Waals surface area contributed by atoms with E-state index < -0.39 is 16.1 Å². The maximum Gasteiger partial charge on any atom is 0.246 e. The van der Waals surface area contributed by atoms with Crippen LogP contribution in [-0.2, 0) is 21.4 Å². The van der Waals surface area contributed by atoms with Crippen LogP contribution in [0.25, 0.3) is 0 Å². The highest BCUT2D eigenvalue weighted by Crippen LogP contribution is 2.26. The lowest BCUT2D eigenvalue weighted by Crippen LogP contribution is -2.52. The van der Waals surface area contributed by atoms with Gasteiger partial charge in [-0.1, -0.05) is 0 Å². The highest BCUT2D eigenvalue weighted by atomic mass is 32.2. The average molecular weight is 383 g/mol. The van der Waals surface area contributed by atoms with Gasteiger partial charge < -0.3 is 0 Å². The number of hydrogen-bond donors (Lipinski definition) is 1. The number of rotatable bonds is 5. The standard InChI is InChI=1S/C16H22N4O3S2/c1-4-20-15(7-8-17-20)19-9-5-6-13(16(19)21)18-25(22,23)14-10-11(2)24-12(14)3/h7-8,10,13,18H,4-6,9H2,1-3H3. The monoisotopic (exact) mass is 382 g/mol. The summed E-state index contributed by atoms with van der Waals surface area (Å²) >= 11 is 1.44. The van der Waals surface area contributed by atoms with Crippen molar-refractivity contribution in [2.75, 3.05) is 11.4 Å². The van der Waals surface area contributed by atoms with Crippen molar-refractivity contribution in [1.82, 2.24) is 14.5 Å². The van der Waals surface area contributed by atoms with Crippen molar-refractivity contribution < 1.29 is 13.2 Å². The van der Waals surface area contributed by atoms with Crippen LogP contribution in [0, 0.1) is 13.8 Å². The highest BCUT2D eigenvalue weighted by molar-refractivity contribution is 7.89. The minimum atomic E-state index is -3.72. The van der Waals surface area contributed by atoms with Crippen LogP contribution in [0.15, 0.2) is 23.2 Å². The van der Waals surface area contributed by atoms with E-state index in [0.29, 0.717) is 25.3 Å². The van der Waals surface area contributed by atoms with Crippen molar-refractivity contribution in [3.63, 3.8) is 0 Å². The van der Waals surface area contributed by atoms with Gasteiger partial charge in [0.15, 0.2) is 0 Å². The second kappa shape index (κ2) is 6.89. The molecule has 2 aromatic rings. The molecule has 25 heavy (non-hydrogen) atoms. The van der Waals surface area contributed by atoms with Gasteiger partial charge >= 0.3 is 0 Å². The zero-order valence-electron chi connectivity index (χ0n) is 14.5. The van der Waals surface area contributed by atoms with E-state index in [2.05, 4.69) is 9.82 Å². The second-order valence-corrected chi connectivity index (χ2v) is 9.23. The van der Waals surface area contributed by atoms with Gasteiger partial charge in [-0.3, -0.25) is 9.69 Å². The molecule has 7 nitrogen and oxygen atoms in total. The van der Waals surface area contributed by atoms with E-state index in [4.69, 9.17) is 0 Å². The number of amides is 1. The Morgan fingerprint density at radius 1 is 1.40 bits per heavy atom. The van der Waals surface area contributed by atoms with Gasteiger partial charge in [-0.25, -0.2) is 13.1 Å². The molecule has 1 saturated heterocycles. The zero-order valence-corrected chi connectivity index (χ0v) is 16.2. The van der Waals surface area contributed by atoms with E-state index in [0.717, 1.165) is 16.2 Å². The molecule has 1 amide bonds. The van der Waals surface area contributed by atoms with E-state index in [1.807, 2.05) is 13.8 Å². The van der Waals surface area contributed by atoms with E-state index >= 15 is 0 Å². The lowest BCUT2D eigenvalue weighted by atomic mass is 10.1. The third kappa shape index (κ3) is 3.49. The van der Waals surface area contributed by atoms with E-state index in [1.165, 1.54) is 11.3 Å². The van der Waals surface area contributed by atoms with Gasteiger partial charge in [0.1, 0.15) is 11.9 Å². The Balaban J connectivity index is 1.83. The Labute approximate surface area is 151 Å². The fourth-order valence-electron chi connectivity index (χ4n) is 3.14. The molecule has 3 heterocycles. The number of aromatic nitrogens is 2. The second-order valence-electron chi connectivity index (χ2n) is 6.09. The first-order chi connectivity index (χ1) is 11.8. The van der Waals surface area contributed by atoms with Gasteiger partial charge in [0.25, 0.3) is 0 Å². The molecule has 2 aromatic heterocycles. The third-order valence-corrected chi connectivity index (χ3v) is 6.98. The van der Waals surface area contributed by atoms with Crippen LogP contribution in [0.3, 0.4) is 0 Å². The maximum atomic E-state index is 12.9. The summed E-state index contributed by atoms with van der Waals surface area (Å²) in [5.41, 5.74) is 0. The minimum absolute atomic E-state index is 0.227. The molecule has 0 bridgehead atoms. The summed E-state index contributed by atoms with van der Waals surface area (Å²) in [6, 6.07) is 2.68. The van der Waals surface area contributed by atoms with Gasteiger partial charge in [0.2, 0.25) is 15.9 Å². The van der Waals surface area contributed by atoms with Crippen LogP contribution in [-0.4, -0.2) is 36.7 Å². The molecule has 1 atom stereocenters. The first-order valence-electron chi connectivity index (χ1n) is 8.26. The number of anilines is 1. The summed E-state index contributed by atoms with van der Waals surface area (Å²) in [4.78, 5) is 16.4. The fourth-order valence-corrected chi connectivity index (χ4v) is 5.91. The predicted molar refractivity (Wildman–Crippen MR) is 97.4 cm³/mol. The van der Waals surface area contributed by atoms with Gasteiger partial charge in [-0.05, 0) is 39.7 Å². The number of carbonyl (C=O) groups is 1. The Bertz CT molecular complexity index is 885. The van der Waals surface area contributed by atoms with Gasteiger partial charge in [-0.2, -0.15) is 9.82 Å². The zero-order chi connectivity index (χ0) is 18.2. The Hall–Kier alpha value is -1.71. The number of sulfonamides is 1. The number of piperidine rings is 1. The molecule has 9 heteroatoms. The summed E-state index contributed by atoms with van der Waals surface area (Å²) in [6.45, 7) is 6.82. The van der Waals surface area contributed by atoms with Crippen molar-refractivity contribution in [2.45, 2.75) is 51.1 Å². The molecule has 136 valence electrons. The minimum Gasteiger partial charge on any atom is -0.296 e. The summed E-state index contributed by atoms with van der Waals surface area (Å²) in [6.07, 6.45) is 2.88. The molecule has 1 N–H and O–H groups in total. The molecule has 0 saturated carbocycles. The first kappa shape index (κ1) is 18.1. The van der Waals surface area contributed by atoms with Crippen molar-refractivity contribution in [2.24, 2.45) is 0 Å². The van der Waals surface area contributed by atoms with Crippen LogP contribution < -0.4 is 9.62 Å². The van der Waals surface area contributed by atoms with Crippen LogP contribution in [0.4, 0.5) is 5.82 Å². The number of nitrogens with one attached hydrogen (secondary N) is 1. The molecular weight excluding hydrogens is 360 g/mol. The molecule has 1 aliphatic rings. The molecule has 0 aromatic carbocycles. The van der Waals surface area contributed by atoms with Crippen molar-refractivity contribution in [3.05, 3.63) is 28.1 Å². The predicted octanol–water partition coefficient (Wildman–Crippen LogP) is 2.06.